The topological polar surface area (TPSA) is 49.9 Å². The van der Waals surface area contributed by atoms with Crippen LogP contribution in [0.25, 0.3) is 0 Å². The SMILES string of the molecule is CCO[C@H]1CCCN(C(=O)[C@@H]2CC(=O)N(c3ccc(CC)cc3)C2)C1. The first-order chi connectivity index (χ1) is 12.1. The summed E-state index contributed by atoms with van der Waals surface area (Å²) in [5.74, 6) is -0.0925. The summed E-state index contributed by atoms with van der Waals surface area (Å²) < 4.78 is 5.69. The number of hydrogen-bond acceptors (Lipinski definition) is 3. The Morgan fingerprint density at radius 3 is 2.64 bits per heavy atom. The highest BCUT2D eigenvalue weighted by atomic mass is 16.5. The Bertz CT molecular complexity index is 612. The van der Waals surface area contributed by atoms with E-state index in [9.17, 15) is 9.59 Å². The summed E-state index contributed by atoms with van der Waals surface area (Å²) in [6, 6.07) is 8.06. The Kier molecular flexibility index (Phi) is 5.74. The van der Waals surface area contributed by atoms with E-state index in [1.807, 2.05) is 24.0 Å². The molecule has 1 aromatic carbocycles. The quantitative estimate of drug-likeness (QED) is 0.825. The van der Waals surface area contributed by atoms with Gasteiger partial charge in [-0.2, -0.15) is 0 Å². The molecule has 2 heterocycles. The van der Waals surface area contributed by atoms with Gasteiger partial charge in [0.05, 0.1) is 12.0 Å². The molecule has 3 rings (SSSR count). The van der Waals surface area contributed by atoms with Gasteiger partial charge < -0.3 is 14.5 Å². The number of piperidine rings is 1. The maximum Gasteiger partial charge on any atom is 0.228 e. The van der Waals surface area contributed by atoms with Crippen molar-refractivity contribution in [1.82, 2.24) is 4.90 Å². The van der Waals surface area contributed by atoms with E-state index >= 15 is 0 Å². The highest BCUT2D eigenvalue weighted by Gasteiger charge is 2.38. The second-order valence-electron chi connectivity index (χ2n) is 6.93. The number of carbonyl (C=O) groups excluding carboxylic acids is 2. The molecule has 2 aliphatic heterocycles. The number of rotatable bonds is 5. The van der Waals surface area contributed by atoms with E-state index in [1.54, 1.807) is 4.90 Å². The Labute approximate surface area is 149 Å². The van der Waals surface area contributed by atoms with Gasteiger partial charge >= 0.3 is 0 Å². The van der Waals surface area contributed by atoms with E-state index < -0.39 is 0 Å². The molecule has 0 aliphatic carbocycles. The van der Waals surface area contributed by atoms with E-state index in [-0.39, 0.29) is 23.8 Å². The van der Waals surface area contributed by atoms with Crippen LogP contribution in [-0.4, -0.2) is 49.1 Å². The molecule has 5 heteroatoms. The van der Waals surface area contributed by atoms with Gasteiger partial charge in [0, 0.05) is 38.3 Å². The molecule has 0 spiro atoms. The number of amides is 2. The number of carbonyl (C=O) groups is 2. The van der Waals surface area contributed by atoms with E-state index in [1.165, 1.54) is 5.56 Å². The molecule has 25 heavy (non-hydrogen) atoms. The smallest absolute Gasteiger partial charge is 0.228 e. The maximum absolute atomic E-state index is 12.9. The lowest BCUT2D eigenvalue weighted by atomic mass is 10.0. The van der Waals surface area contributed by atoms with Crippen LogP contribution in [0.1, 0.15) is 38.7 Å². The standard InChI is InChI=1S/C20H28N2O3/c1-3-15-7-9-17(10-8-15)22-13-16(12-19(22)23)20(24)21-11-5-6-18(14-21)25-4-2/h7-10,16,18H,3-6,11-14H2,1-2H3/t16-,18+/m1/s1. The van der Waals surface area contributed by atoms with Crippen molar-refractivity contribution >= 4 is 17.5 Å². The van der Waals surface area contributed by atoms with Crippen molar-refractivity contribution in [3.8, 4) is 0 Å². The summed E-state index contributed by atoms with van der Waals surface area (Å²) in [4.78, 5) is 28.9. The molecule has 2 amide bonds. The molecule has 2 aliphatic rings. The Morgan fingerprint density at radius 1 is 1.20 bits per heavy atom. The molecule has 0 bridgehead atoms. The van der Waals surface area contributed by atoms with E-state index in [4.69, 9.17) is 4.74 Å². The van der Waals surface area contributed by atoms with E-state index in [0.29, 0.717) is 26.1 Å². The summed E-state index contributed by atoms with van der Waals surface area (Å²) in [5, 5.41) is 0. The third-order valence-corrected chi connectivity index (χ3v) is 5.22. The summed E-state index contributed by atoms with van der Waals surface area (Å²) in [5.41, 5.74) is 2.14. The zero-order valence-electron chi connectivity index (χ0n) is 15.2. The second-order valence-corrected chi connectivity index (χ2v) is 6.93. The van der Waals surface area contributed by atoms with Crippen LogP contribution in [0.15, 0.2) is 24.3 Å². The normalized spacial score (nSPS) is 24.0. The number of likely N-dealkylation sites (tertiary alicyclic amines) is 1. The van der Waals surface area contributed by atoms with Gasteiger partial charge in [-0.1, -0.05) is 19.1 Å². The number of hydrogen-bond donors (Lipinski definition) is 0. The van der Waals surface area contributed by atoms with E-state index in [0.717, 1.165) is 31.5 Å². The van der Waals surface area contributed by atoms with Crippen LogP contribution < -0.4 is 4.90 Å². The molecule has 0 N–H and O–H groups in total. The first kappa shape index (κ1) is 17.9. The lowest BCUT2D eigenvalue weighted by molar-refractivity contribution is -0.139. The Morgan fingerprint density at radius 2 is 1.96 bits per heavy atom. The van der Waals surface area contributed by atoms with Gasteiger partial charge in [0.25, 0.3) is 0 Å². The van der Waals surface area contributed by atoms with Crippen molar-refractivity contribution in [1.29, 1.82) is 0 Å². The fraction of sp³-hybridized carbons (Fsp3) is 0.600. The highest BCUT2D eigenvalue weighted by Crippen LogP contribution is 2.27. The number of benzene rings is 1. The van der Waals surface area contributed by atoms with Crippen LogP contribution in [0.4, 0.5) is 5.69 Å². The van der Waals surface area contributed by atoms with Gasteiger partial charge in [0.15, 0.2) is 0 Å². The summed E-state index contributed by atoms with van der Waals surface area (Å²) in [6.45, 7) is 6.69. The van der Waals surface area contributed by atoms with Crippen molar-refractivity contribution in [2.45, 2.75) is 45.6 Å². The van der Waals surface area contributed by atoms with Crippen molar-refractivity contribution < 1.29 is 14.3 Å². The first-order valence-electron chi connectivity index (χ1n) is 9.42. The zero-order chi connectivity index (χ0) is 17.8. The molecular weight excluding hydrogens is 316 g/mol. The molecule has 1 aromatic rings. The first-order valence-corrected chi connectivity index (χ1v) is 9.42. The summed E-state index contributed by atoms with van der Waals surface area (Å²) >= 11 is 0. The number of ether oxygens (including phenoxy) is 1. The molecule has 2 fully saturated rings. The zero-order valence-corrected chi connectivity index (χ0v) is 15.2. The predicted molar refractivity (Wildman–Crippen MR) is 97.5 cm³/mol. The minimum atomic E-state index is -0.237. The molecule has 0 unspecified atom stereocenters. The van der Waals surface area contributed by atoms with Gasteiger partial charge in [-0.25, -0.2) is 0 Å². The van der Waals surface area contributed by atoms with Gasteiger partial charge in [0.1, 0.15) is 0 Å². The van der Waals surface area contributed by atoms with Crippen LogP contribution in [0.5, 0.6) is 0 Å². The lowest BCUT2D eigenvalue weighted by Crippen LogP contribution is -2.46. The average molecular weight is 344 g/mol. The van der Waals surface area contributed by atoms with Gasteiger partial charge in [-0.3, -0.25) is 9.59 Å². The highest BCUT2D eigenvalue weighted by molar-refractivity contribution is 6.00. The summed E-state index contributed by atoms with van der Waals surface area (Å²) in [6.07, 6.45) is 3.41. The molecule has 2 saturated heterocycles. The lowest BCUT2D eigenvalue weighted by Gasteiger charge is -2.34. The molecule has 136 valence electrons. The van der Waals surface area contributed by atoms with Crippen LogP contribution in [0.2, 0.25) is 0 Å². The third-order valence-electron chi connectivity index (χ3n) is 5.22. The van der Waals surface area contributed by atoms with E-state index in [2.05, 4.69) is 19.1 Å². The van der Waals surface area contributed by atoms with Gasteiger partial charge in [-0.05, 0) is 43.9 Å². The second kappa shape index (κ2) is 8.00. The molecule has 0 saturated carbocycles. The van der Waals surface area contributed by atoms with Crippen LogP contribution >= 0.6 is 0 Å². The average Bonchev–Trinajstić information content (AvgIpc) is 3.03. The minimum Gasteiger partial charge on any atom is -0.377 e. The van der Waals surface area contributed by atoms with Crippen molar-refractivity contribution in [3.05, 3.63) is 29.8 Å². The largest absolute Gasteiger partial charge is 0.377 e. The summed E-state index contributed by atoms with van der Waals surface area (Å²) in [7, 11) is 0. The molecule has 0 aromatic heterocycles. The van der Waals surface area contributed by atoms with Gasteiger partial charge in [-0.15, -0.1) is 0 Å². The van der Waals surface area contributed by atoms with Crippen LogP contribution in [0, 0.1) is 5.92 Å². The minimum absolute atomic E-state index is 0.0426. The predicted octanol–water partition coefficient (Wildman–Crippen LogP) is 2.63. The van der Waals surface area contributed by atoms with Crippen molar-refractivity contribution in [3.63, 3.8) is 0 Å². The monoisotopic (exact) mass is 344 g/mol. The maximum atomic E-state index is 12.9. The molecule has 0 radical (unpaired) electrons. The molecule has 2 atom stereocenters. The molecular formula is C20H28N2O3. The van der Waals surface area contributed by atoms with Gasteiger partial charge in [0.2, 0.25) is 11.8 Å². The Balaban J connectivity index is 1.64. The Hall–Kier alpha value is -1.88. The fourth-order valence-electron chi connectivity index (χ4n) is 3.80. The third kappa shape index (κ3) is 4.03. The number of aryl methyl sites for hydroxylation is 1. The van der Waals surface area contributed by atoms with Crippen molar-refractivity contribution in [2.75, 3.05) is 31.1 Å². The number of nitrogens with zero attached hydrogens (tertiary/aromatic N) is 2. The fourth-order valence-corrected chi connectivity index (χ4v) is 3.80. The molecule has 5 nitrogen and oxygen atoms in total. The van der Waals surface area contributed by atoms with Crippen LogP contribution in [-0.2, 0) is 20.7 Å². The number of anilines is 1. The van der Waals surface area contributed by atoms with Crippen molar-refractivity contribution in [2.24, 2.45) is 5.92 Å². The van der Waals surface area contributed by atoms with Crippen LogP contribution in [0.3, 0.4) is 0 Å².